The molecular formula is C22H21N7O2. The van der Waals surface area contributed by atoms with Gasteiger partial charge in [0.05, 0.1) is 11.2 Å². The zero-order chi connectivity index (χ0) is 22.0. The molecule has 0 aliphatic rings. The first-order chi connectivity index (χ1) is 15.0. The molecule has 0 radical (unpaired) electrons. The van der Waals surface area contributed by atoms with Gasteiger partial charge in [0, 0.05) is 47.4 Å². The number of aryl methyl sites for hydroxylation is 1. The maximum Gasteiger partial charge on any atom is 0.251 e. The van der Waals surface area contributed by atoms with E-state index in [0.29, 0.717) is 34.0 Å². The number of H-pyrrole nitrogens is 1. The fraction of sp³-hybridized carbons (Fsp3) is 0.136. The number of carbonyl (C=O) groups is 2. The molecule has 0 fully saturated rings. The number of hydrogen-bond donors (Lipinski definition) is 4. The molecule has 0 unspecified atom stereocenters. The lowest BCUT2D eigenvalue weighted by molar-refractivity contribution is 0.0947. The molecule has 2 aromatic heterocycles. The van der Waals surface area contributed by atoms with Gasteiger partial charge in [-0.15, -0.1) is 0 Å². The third-order valence-corrected chi connectivity index (χ3v) is 4.91. The van der Waals surface area contributed by atoms with E-state index in [4.69, 9.17) is 5.73 Å². The predicted octanol–water partition coefficient (Wildman–Crippen LogP) is 2.20. The molecule has 0 bridgehead atoms. The molecule has 9 nitrogen and oxygen atoms in total. The van der Waals surface area contributed by atoms with Gasteiger partial charge in [-0.1, -0.05) is 12.1 Å². The summed E-state index contributed by atoms with van der Waals surface area (Å²) in [6.45, 7) is 1.97. The molecule has 2 aromatic carbocycles. The predicted molar refractivity (Wildman–Crippen MR) is 117 cm³/mol. The number of nitrogens with zero attached hydrogens (tertiary/aromatic N) is 3. The van der Waals surface area contributed by atoms with Crippen molar-refractivity contribution in [2.45, 2.75) is 13.5 Å². The summed E-state index contributed by atoms with van der Waals surface area (Å²) >= 11 is 0. The number of rotatable bonds is 5. The van der Waals surface area contributed by atoms with E-state index in [1.165, 1.54) is 0 Å². The van der Waals surface area contributed by atoms with Crippen LogP contribution < -0.4 is 16.4 Å². The lowest BCUT2D eigenvalue weighted by atomic mass is 10.0. The Kier molecular flexibility index (Phi) is 5.31. The molecule has 5 N–H and O–H groups in total. The number of amides is 2. The number of benzene rings is 2. The second kappa shape index (κ2) is 8.23. The van der Waals surface area contributed by atoms with Crippen molar-refractivity contribution < 1.29 is 9.59 Å². The van der Waals surface area contributed by atoms with Crippen LogP contribution in [0.4, 0.5) is 5.82 Å². The Labute approximate surface area is 178 Å². The van der Waals surface area contributed by atoms with Crippen molar-refractivity contribution in [1.82, 2.24) is 30.8 Å². The van der Waals surface area contributed by atoms with E-state index in [9.17, 15) is 9.59 Å². The van der Waals surface area contributed by atoms with E-state index in [2.05, 4.69) is 30.8 Å². The number of aromatic amines is 1. The molecule has 2 amide bonds. The molecule has 0 saturated carbocycles. The molecule has 4 rings (SSSR count). The van der Waals surface area contributed by atoms with Crippen molar-refractivity contribution in [3.8, 4) is 11.3 Å². The average Bonchev–Trinajstić information content (AvgIpc) is 3.21. The van der Waals surface area contributed by atoms with Crippen LogP contribution in [0.1, 0.15) is 32.1 Å². The maximum atomic E-state index is 12.7. The van der Waals surface area contributed by atoms with Crippen molar-refractivity contribution in [3.05, 3.63) is 71.2 Å². The third kappa shape index (κ3) is 4.06. The summed E-state index contributed by atoms with van der Waals surface area (Å²) in [4.78, 5) is 32.9. The molecule has 9 heteroatoms. The van der Waals surface area contributed by atoms with Crippen LogP contribution in [0.2, 0.25) is 0 Å². The van der Waals surface area contributed by atoms with E-state index in [-0.39, 0.29) is 18.4 Å². The molecule has 0 spiro atoms. The average molecular weight is 415 g/mol. The van der Waals surface area contributed by atoms with E-state index in [1.54, 1.807) is 56.6 Å². The Balaban J connectivity index is 1.59. The summed E-state index contributed by atoms with van der Waals surface area (Å²) in [5.41, 5.74) is 9.76. The van der Waals surface area contributed by atoms with Crippen LogP contribution in [0.5, 0.6) is 0 Å². The van der Waals surface area contributed by atoms with Crippen LogP contribution in [-0.4, -0.2) is 39.0 Å². The van der Waals surface area contributed by atoms with Crippen molar-refractivity contribution >= 4 is 28.5 Å². The van der Waals surface area contributed by atoms with E-state index >= 15 is 0 Å². The van der Waals surface area contributed by atoms with E-state index < -0.39 is 0 Å². The molecule has 0 atom stereocenters. The standard InChI is InChI=1S/C22H21N7O2/c1-12-25-10-16(20(23)27-12)11-26-22(31)14-5-3-4-13(8-14)19-17-9-15(21(30)24-2)6-7-18(17)28-29-19/h3-10H,11H2,1-2H3,(H,24,30)(H,26,31)(H,28,29)(H2,23,25,27). The van der Waals surface area contributed by atoms with Gasteiger partial charge >= 0.3 is 0 Å². The number of nitrogens with one attached hydrogen (secondary N) is 3. The zero-order valence-corrected chi connectivity index (χ0v) is 17.1. The molecule has 2 heterocycles. The highest BCUT2D eigenvalue weighted by Crippen LogP contribution is 2.27. The smallest absolute Gasteiger partial charge is 0.251 e. The normalized spacial score (nSPS) is 10.8. The highest BCUT2D eigenvalue weighted by atomic mass is 16.2. The van der Waals surface area contributed by atoms with Gasteiger partial charge in [-0.25, -0.2) is 9.97 Å². The molecule has 0 aliphatic carbocycles. The quantitative estimate of drug-likeness (QED) is 0.394. The van der Waals surface area contributed by atoms with Crippen molar-refractivity contribution in [2.75, 3.05) is 12.8 Å². The SMILES string of the molecule is CNC(=O)c1ccc2[nH]nc(-c3cccc(C(=O)NCc4cnc(C)nc4N)c3)c2c1. The Morgan fingerprint density at radius 1 is 1.10 bits per heavy atom. The summed E-state index contributed by atoms with van der Waals surface area (Å²) in [7, 11) is 1.58. The fourth-order valence-electron chi connectivity index (χ4n) is 3.25. The van der Waals surface area contributed by atoms with Gasteiger partial charge in [-0.05, 0) is 37.3 Å². The first-order valence-electron chi connectivity index (χ1n) is 9.63. The van der Waals surface area contributed by atoms with Crippen molar-refractivity contribution in [1.29, 1.82) is 0 Å². The summed E-state index contributed by atoms with van der Waals surface area (Å²) in [5, 5.41) is 13.6. The van der Waals surface area contributed by atoms with Crippen molar-refractivity contribution in [2.24, 2.45) is 0 Å². The monoisotopic (exact) mass is 415 g/mol. The number of anilines is 1. The fourth-order valence-corrected chi connectivity index (χ4v) is 3.25. The number of fused-ring (bicyclic) bond motifs is 1. The third-order valence-electron chi connectivity index (χ3n) is 4.91. The lowest BCUT2D eigenvalue weighted by Crippen LogP contribution is -2.23. The van der Waals surface area contributed by atoms with Gasteiger partial charge in [0.15, 0.2) is 0 Å². The van der Waals surface area contributed by atoms with Crippen LogP contribution in [0.15, 0.2) is 48.7 Å². The molecular weight excluding hydrogens is 394 g/mol. The Bertz CT molecular complexity index is 1300. The minimum atomic E-state index is -0.257. The number of nitrogens with two attached hydrogens (primary N) is 1. The largest absolute Gasteiger partial charge is 0.383 e. The summed E-state index contributed by atoms with van der Waals surface area (Å²) in [6.07, 6.45) is 1.61. The number of nitrogen functional groups attached to an aromatic ring is 1. The molecule has 156 valence electrons. The Morgan fingerprint density at radius 2 is 1.90 bits per heavy atom. The maximum absolute atomic E-state index is 12.7. The van der Waals surface area contributed by atoms with Gasteiger partial charge in [0.1, 0.15) is 11.6 Å². The van der Waals surface area contributed by atoms with E-state index in [0.717, 1.165) is 16.5 Å². The molecule has 0 saturated heterocycles. The minimum Gasteiger partial charge on any atom is -0.383 e. The first-order valence-corrected chi connectivity index (χ1v) is 9.63. The summed E-state index contributed by atoms with van der Waals surface area (Å²) < 4.78 is 0. The Hall–Kier alpha value is -4.27. The van der Waals surface area contributed by atoms with Crippen LogP contribution in [0, 0.1) is 6.92 Å². The van der Waals surface area contributed by atoms with Gasteiger partial charge < -0.3 is 16.4 Å². The molecule has 4 aromatic rings. The minimum absolute atomic E-state index is 0.179. The first kappa shape index (κ1) is 20.0. The molecule has 31 heavy (non-hydrogen) atoms. The topological polar surface area (TPSA) is 139 Å². The number of aromatic nitrogens is 4. The van der Waals surface area contributed by atoms with Crippen molar-refractivity contribution in [3.63, 3.8) is 0 Å². The van der Waals surface area contributed by atoms with Crippen LogP contribution in [-0.2, 0) is 6.54 Å². The van der Waals surface area contributed by atoms with Crippen LogP contribution in [0.3, 0.4) is 0 Å². The highest BCUT2D eigenvalue weighted by Gasteiger charge is 2.14. The van der Waals surface area contributed by atoms with Gasteiger partial charge in [0.2, 0.25) is 0 Å². The van der Waals surface area contributed by atoms with Crippen LogP contribution >= 0.6 is 0 Å². The summed E-state index contributed by atoms with van der Waals surface area (Å²) in [5.74, 6) is 0.483. The van der Waals surface area contributed by atoms with Gasteiger partial charge in [-0.3, -0.25) is 14.7 Å². The highest BCUT2D eigenvalue weighted by molar-refractivity contribution is 6.02. The zero-order valence-electron chi connectivity index (χ0n) is 17.1. The van der Waals surface area contributed by atoms with E-state index in [1.807, 2.05) is 6.07 Å². The Morgan fingerprint density at radius 3 is 2.68 bits per heavy atom. The van der Waals surface area contributed by atoms with Gasteiger partial charge in [0.25, 0.3) is 11.8 Å². The van der Waals surface area contributed by atoms with Crippen LogP contribution in [0.25, 0.3) is 22.2 Å². The summed E-state index contributed by atoms with van der Waals surface area (Å²) in [6, 6.07) is 12.4. The second-order valence-corrected chi connectivity index (χ2v) is 7.00. The number of hydrogen-bond acceptors (Lipinski definition) is 6. The second-order valence-electron chi connectivity index (χ2n) is 7.00. The van der Waals surface area contributed by atoms with Gasteiger partial charge in [-0.2, -0.15) is 5.10 Å². The lowest BCUT2D eigenvalue weighted by Gasteiger charge is -2.08. The molecule has 0 aliphatic heterocycles. The number of carbonyl (C=O) groups excluding carboxylic acids is 2.